The molecule has 1 fully saturated rings. The van der Waals surface area contributed by atoms with Crippen molar-refractivity contribution in [1.29, 1.82) is 0 Å². The molecular formula is C7H12Ac4O7. The fraction of sp³-hybridized carbons (Fsp3) is 0.857. The maximum Gasteiger partial charge on any atom is 0.337 e. The zero-order valence-corrected chi connectivity index (χ0v) is 28.7. The Morgan fingerprint density at radius 1 is 0.944 bits per heavy atom. The molecule has 0 aromatic heterocycles. The predicted molar refractivity (Wildman–Crippen MR) is 40.9 cm³/mol. The molecule has 1 aliphatic rings. The summed E-state index contributed by atoms with van der Waals surface area (Å²) in [7, 11) is 1.07. The Morgan fingerprint density at radius 3 is 1.78 bits per heavy atom. The van der Waals surface area contributed by atoms with Gasteiger partial charge in [-0.05, 0) is 0 Å². The van der Waals surface area contributed by atoms with E-state index in [4.69, 9.17) is 10.2 Å². The van der Waals surface area contributed by atoms with Crippen LogP contribution in [0.5, 0.6) is 0 Å². The summed E-state index contributed by atoms with van der Waals surface area (Å²) in [6.45, 7) is 0. The van der Waals surface area contributed by atoms with Crippen LogP contribution in [-0.4, -0.2) is 64.2 Å². The maximum absolute atomic E-state index is 11.0. The standard InChI is InChI=1S/C7H12O7.4Ac/c1-13-7(12)5-3(9)2(8)4(10)6(11)14-5;;;;/h2-6,8-11H,1H3;;;;/t2?,3?,4?,5-,6?;;;;/m0..../s1. The molecule has 1 heterocycles. The Hall–Kier alpha value is 5.04. The Kier molecular flexibility index (Phi) is 26.7. The van der Waals surface area contributed by atoms with Crippen LogP contribution < -0.4 is 0 Å². The maximum atomic E-state index is 11.0. The van der Waals surface area contributed by atoms with E-state index in [1.54, 1.807) is 0 Å². The number of ether oxygens (including phenoxy) is 2. The number of rotatable bonds is 1. The predicted octanol–water partition coefficient (Wildman–Crippen LogP) is -3.04. The van der Waals surface area contributed by atoms with E-state index in [1.165, 1.54) is 0 Å². The molecule has 0 bridgehead atoms. The Bertz CT molecular complexity index is 232. The van der Waals surface area contributed by atoms with Crippen molar-refractivity contribution < 1.29 is 211 Å². The smallest absolute Gasteiger partial charge is 0.337 e. The van der Waals surface area contributed by atoms with Gasteiger partial charge < -0.3 is 29.9 Å². The van der Waals surface area contributed by atoms with E-state index in [-0.39, 0.29) is 176 Å². The van der Waals surface area contributed by atoms with Crippen LogP contribution in [0.1, 0.15) is 0 Å². The topological polar surface area (TPSA) is 116 Å². The van der Waals surface area contributed by atoms with E-state index in [9.17, 15) is 15.0 Å². The number of carbonyl (C=O) groups is 1. The van der Waals surface area contributed by atoms with Crippen molar-refractivity contribution in [3.05, 3.63) is 0 Å². The largest absolute Gasteiger partial charge is 0.467 e. The summed E-state index contributed by atoms with van der Waals surface area (Å²) in [6, 6.07) is 0. The summed E-state index contributed by atoms with van der Waals surface area (Å²) >= 11 is 0. The molecule has 4 radical (unpaired) electrons. The Morgan fingerprint density at radius 2 is 1.39 bits per heavy atom. The second-order valence-corrected chi connectivity index (χ2v) is 2.94. The van der Waals surface area contributed by atoms with Gasteiger partial charge in [-0.1, -0.05) is 0 Å². The molecule has 1 saturated heterocycles. The molecule has 0 spiro atoms. The van der Waals surface area contributed by atoms with Gasteiger partial charge in [-0.15, -0.1) is 0 Å². The third-order valence-electron chi connectivity index (χ3n) is 2.02. The number of aliphatic hydroxyl groups is 4. The molecule has 0 amide bonds. The van der Waals surface area contributed by atoms with E-state index < -0.39 is 36.7 Å². The second-order valence-electron chi connectivity index (χ2n) is 2.94. The van der Waals surface area contributed by atoms with E-state index in [2.05, 4.69) is 9.47 Å². The SMILES string of the molecule is COC(=O)[C@H]1OC(O)C(O)C(O)C1O.[Ac].[Ac].[Ac].[Ac]. The molecule has 11 heteroatoms. The summed E-state index contributed by atoms with van der Waals surface area (Å²) in [6.07, 6.45) is -8.14. The number of carbonyl (C=O) groups excluding carboxylic acids is 1. The number of hydrogen-bond donors (Lipinski definition) is 4. The third-order valence-corrected chi connectivity index (χ3v) is 2.02. The summed E-state index contributed by atoms with van der Waals surface area (Å²) in [5.74, 6) is -0.928. The minimum atomic E-state index is -1.72. The molecule has 5 atom stereocenters. The number of aliphatic hydroxyl groups excluding tert-OH is 4. The second kappa shape index (κ2) is 15.6. The normalized spacial score (nSPS) is 33.7. The van der Waals surface area contributed by atoms with Gasteiger partial charge in [0.1, 0.15) is 18.3 Å². The quantitative estimate of drug-likeness (QED) is 0.207. The first kappa shape index (κ1) is 30.9. The van der Waals surface area contributed by atoms with Crippen LogP contribution in [0.15, 0.2) is 0 Å². The van der Waals surface area contributed by atoms with Gasteiger partial charge in [0.25, 0.3) is 0 Å². The average molecular weight is 1120 g/mol. The van der Waals surface area contributed by atoms with E-state index in [1.807, 2.05) is 0 Å². The van der Waals surface area contributed by atoms with Crippen molar-refractivity contribution in [2.75, 3.05) is 7.11 Å². The van der Waals surface area contributed by atoms with Crippen LogP contribution in [0.2, 0.25) is 0 Å². The van der Waals surface area contributed by atoms with Gasteiger partial charge in [-0.2, -0.15) is 0 Å². The molecular weight excluding hydrogens is 1100 g/mol. The zero-order valence-electron chi connectivity index (χ0n) is 9.71. The Labute approximate surface area is 248 Å². The molecule has 0 aromatic rings. The van der Waals surface area contributed by atoms with Crippen LogP contribution in [-0.2, 0) is 14.3 Å². The molecule has 7 nitrogen and oxygen atoms in total. The fourth-order valence-electron chi connectivity index (χ4n) is 1.17. The Balaban J connectivity index is -0.000000245. The molecule has 0 saturated carbocycles. The zero-order chi connectivity index (χ0) is 10.9. The number of hydrogen-bond acceptors (Lipinski definition) is 7. The number of methoxy groups -OCH3 is 1. The van der Waals surface area contributed by atoms with Gasteiger partial charge in [-0.25, -0.2) is 4.79 Å². The van der Waals surface area contributed by atoms with Crippen molar-refractivity contribution in [1.82, 2.24) is 0 Å². The summed E-state index contributed by atoms with van der Waals surface area (Å²) in [5.41, 5.74) is 0. The van der Waals surface area contributed by atoms with Gasteiger partial charge in [0.05, 0.1) is 7.11 Å². The first-order valence-electron chi connectivity index (χ1n) is 3.94. The van der Waals surface area contributed by atoms with Crippen LogP contribution in [0.4, 0.5) is 0 Å². The molecule has 1 aliphatic heterocycles. The molecule has 0 aromatic carbocycles. The van der Waals surface area contributed by atoms with Crippen LogP contribution in [0.3, 0.4) is 0 Å². The van der Waals surface area contributed by atoms with Gasteiger partial charge in [0, 0.05) is 176 Å². The van der Waals surface area contributed by atoms with E-state index in [0.717, 1.165) is 7.11 Å². The van der Waals surface area contributed by atoms with Crippen molar-refractivity contribution in [3.8, 4) is 0 Å². The van der Waals surface area contributed by atoms with Crippen molar-refractivity contribution in [2.45, 2.75) is 30.7 Å². The molecule has 1 rings (SSSR count). The van der Waals surface area contributed by atoms with Crippen molar-refractivity contribution >= 4 is 5.97 Å². The van der Waals surface area contributed by atoms with Gasteiger partial charge in [0.2, 0.25) is 0 Å². The first-order valence-corrected chi connectivity index (χ1v) is 3.94. The fourth-order valence-corrected chi connectivity index (χ4v) is 1.17. The minimum absolute atomic E-state index is 0. The molecule has 4 unspecified atom stereocenters. The molecule has 0 aliphatic carbocycles. The first-order chi connectivity index (χ1) is 6.49. The summed E-state index contributed by atoms with van der Waals surface area (Å²) < 4.78 is 8.82. The van der Waals surface area contributed by atoms with E-state index >= 15 is 0 Å². The monoisotopic (exact) mass is 1120 g/mol. The van der Waals surface area contributed by atoms with Crippen molar-refractivity contribution in [3.63, 3.8) is 0 Å². The van der Waals surface area contributed by atoms with Gasteiger partial charge in [-0.3, -0.25) is 0 Å². The van der Waals surface area contributed by atoms with Gasteiger partial charge >= 0.3 is 5.97 Å². The van der Waals surface area contributed by atoms with Crippen molar-refractivity contribution in [2.24, 2.45) is 0 Å². The third kappa shape index (κ3) is 8.77. The summed E-state index contributed by atoms with van der Waals surface area (Å²) in [4.78, 5) is 11.0. The van der Waals surface area contributed by atoms with Crippen LogP contribution >= 0.6 is 0 Å². The summed E-state index contributed by atoms with van der Waals surface area (Å²) in [5, 5.41) is 36.5. The minimum Gasteiger partial charge on any atom is -0.467 e. The molecule has 18 heavy (non-hydrogen) atoms. The molecule has 94 valence electrons. The van der Waals surface area contributed by atoms with Crippen LogP contribution in [0.25, 0.3) is 0 Å². The van der Waals surface area contributed by atoms with Crippen LogP contribution in [0, 0.1) is 176 Å². The van der Waals surface area contributed by atoms with Gasteiger partial charge in [0.15, 0.2) is 12.4 Å². The number of esters is 1. The average Bonchev–Trinajstić information content (AvgIpc) is 2.19. The van der Waals surface area contributed by atoms with E-state index in [0.29, 0.717) is 0 Å². The molecule has 4 N–H and O–H groups in total.